The van der Waals surface area contributed by atoms with E-state index in [4.69, 9.17) is 22.1 Å². The Hall–Kier alpha value is -0.260. The largest absolute Gasteiger partial charge is 0.726 e. The van der Waals surface area contributed by atoms with Gasteiger partial charge in [-0.15, -0.1) is 8.42 Å². The van der Waals surface area contributed by atoms with Crippen molar-refractivity contribution in [2.24, 2.45) is 0 Å². The van der Waals surface area contributed by atoms with Crippen LogP contribution in [0.5, 0.6) is 0 Å². The lowest BCUT2D eigenvalue weighted by Gasteiger charge is -2.35. The van der Waals surface area contributed by atoms with E-state index < -0.39 is 20.7 Å². The van der Waals surface area contributed by atoms with Gasteiger partial charge in [-0.25, -0.2) is 13.0 Å². The molecule has 0 bridgehead atoms. The van der Waals surface area contributed by atoms with Gasteiger partial charge in [0.2, 0.25) is 10.4 Å². The van der Waals surface area contributed by atoms with E-state index in [-0.39, 0.29) is 9.93 Å². The van der Waals surface area contributed by atoms with Crippen LogP contribution in [0.1, 0.15) is 32.1 Å². The summed E-state index contributed by atoms with van der Waals surface area (Å²) in [6.07, 6.45) is 5.12. The first-order valence-electron chi connectivity index (χ1n) is 5.35. The van der Waals surface area contributed by atoms with Crippen LogP contribution in [0.3, 0.4) is 0 Å². The van der Waals surface area contributed by atoms with Gasteiger partial charge >= 0.3 is 10.3 Å². The Morgan fingerprint density at radius 1 is 1.00 bits per heavy atom. The fourth-order valence-electron chi connectivity index (χ4n) is 1.89. The second-order valence-corrected chi connectivity index (χ2v) is 7.29. The molecule has 0 aliphatic heterocycles. The topological polar surface area (TPSA) is 132 Å². The Balaban J connectivity index is 0.000000494. The summed E-state index contributed by atoms with van der Waals surface area (Å²) in [5.74, 6) is 0. The van der Waals surface area contributed by atoms with Crippen LogP contribution < -0.4 is 0 Å². The quantitative estimate of drug-likeness (QED) is 0.423. The summed E-state index contributed by atoms with van der Waals surface area (Å²) in [7, 11) is -5.76. The molecule has 1 saturated carbocycles. The molecule has 0 aromatic rings. The van der Waals surface area contributed by atoms with Crippen molar-refractivity contribution in [1.29, 1.82) is 0 Å². The highest BCUT2D eigenvalue weighted by atomic mass is 32.3. The Kier molecular flexibility index (Phi) is 6.17. The molecule has 8 nitrogen and oxygen atoms in total. The van der Waals surface area contributed by atoms with Gasteiger partial charge in [0.15, 0.2) is 0 Å². The van der Waals surface area contributed by atoms with Gasteiger partial charge in [0.05, 0.1) is 14.1 Å². The first kappa shape index (κ1) is 17.7. The highest BCUT2D eigenvalue weighted by molar-refractivity contribution is 7.80. The van der Waals surface area contributed by atoms with Crippen molar-refractivity contribution in [2.45, 2.75) is 38.1 Å². The van der Waals surface area contributed by atoms with Crippen molar-refractivity contribution < 1.29 is 34.4 Å². The van der Waals surface area contributed by atoms with Crippen molar-refractivity contribution in [3.8, 4) is 0 Å². The normalized spacial score (nSPS) is 18.9. The number of hydrogen-bond donors (Lipinski definition) is 2. The smallest absolute Gasteiger partial charge is 0.432 e. The molecular weight excluding hydrogens is 286 g/mol. The molecule has 0 aromatic carbocycles. The monoisotopic (exact) mass is 305 g/mol. The van der Waals surface area contributed by atoms with Gasteiger partial charge in [-0.1, -0.05) is 6.42 Å². The molecule has 0 unspecified atom stereocenters. The highest BCUT2D eigenvalue weighted by Crippen LogP contribution is 2.27. The van der Waals surface area contributed by atoms with Crippen LogP contribution in [0.15, 0.2) is 0 Å². The number of nitrogens with zero attached hydrogens (tertiary/aromatic N) is 1. The molecule has 0 atom stereocenters. The van der Waals surface area contributed by atoms with E-state index in [2.05, 4.69) is 0 Å². The summed E-state index contributed by atoms with van der Waals surface area (Å²) in [5.41, 5.74) is 0. The lowest BCUT2D eigenvalue weighted by Crippen LogP contribution is -2.53. The number of quaternary nitrogens is 1. The SMILES string of the molecule is C[N+](C)(C1CCCCC1)S(=O)(=O)O.O=S(=O)([O-])O. The van der Waals surface area contributed by atoms with E-state index in [1.165, 1.54) is 6.42 Å². The molecule has 18 heavy (non-hydrogen) atoms. The molecule has 0 amide bonds. The van der Waals surface area contributed by atoms with E-state index in [9.17, 15) is 8.42 Å². The van der Waals surface area contributed by atoms with Crippen LogP contribution in [-0.2, 0) is 20.7 Å². The van der Waals surface area contributed by atoms with Crippen molar-refractivity contribution in [3.05, 3.63) is 0 Å². The summed E-state index contributed by atoms with van der Waals surface area (Å²) in [6, 6.07) is 0.0590. The van der Waals surface area contributed by atoms with E-state index >= 15 is 0 Å². The minimum Gasteiger partial charge on any atom is -0.726 e. The average molecular weight is 305 g/mol. The molecule has 0 spiro atoms. The number of rotatable bonds is 2. The average Bonchev–Trinajstić information content (AvgIpc) is 2.14. The van der Waals surface area contributed by atoms with Crippen LogP contribution in [0.25, 0.3) is 0 Å². The summed E-state index contributed by atoms with van der Waals surface area (Å²) >= 11 is 0. The van der Waals surface area contributed by atoms with Crippen molar-refractivity contribution in [2.75, 3.05) is 14.1 Å². The van der Waals surface area contributed by atoms with Crippen molar-refractivity contribution in [3.63, 3.8) is 0 Å². The molecule has 2 N–H and O–H groups in total. The fourth-order valence-corrected chi connectivity index (χ4v) is 2.48. The van der Waals surface area contributed by atoms with E-state index in [1.807, 2.05) is 0 Å². The maximum Gasteiger partial charge on any atom is 0.432 e. The molecule has 1 rings (SSSR count). The van der Waals surface area contributed by atoms with E-state index in [0.717, 1.165) is 25.7 Å². The van der Waals surface area contributed by atoms with Gasteiger partial charge in [-0.2, -0.15) is 3.89 Å². The number of hydrogen-bond acceptors (Lipinski definition) is 5. The Morgan fingerprint density at radius 2 is 1.33 bits per heavy atom. The Morgan fingerprint density at radius 3 is 1.61 bits per heavy atom. The molecule has 10 heteroatoms. The second-order valence-electron chi connectivity index (χ2n) is 4.60. The lowest BCUT2D eigenvalue weighted by atomic mass is 9.95. The maximum atomic E-state index is 11.1. The first-order chi connectivity index (χ1) is 7.86. The third-order valence-electron chi connectivity index (χ3n) is 3.05. The predicted molar refractivity (Wildman–Crippen MR) is 62.9 cm³/mol. The third-order valence-corrected chi connectivity index (χ3v) is 4.54. The zero-order valence-electron chi connectivity index (χ0n) is 10.3. The van der Waals surface area contributed by atoms with Crippen LogP contribution >= 0.6 is 0 Å². The molecule has 0 heterocycles. The maximum absolute atomic E-state index is 11.1. The molecular formula is C8H19NO7S2. The van der Waals surface area contributed by atoms with Crippen LogP contribution in [0, 0.1) is 0 Å². The van der Waals surface area contributed by atoms with Gasteiger partial charge in [-0.05, 0) is 12.8 Å². The summed E-state index contributed by atoms with van der Waals surface area (Å²) < 4.78 is 63.8. The summed E-state index contributed by atoms with van der Waals surface area (Å²) in [6.45, 7) is 0. The third kappa shape index (κ3) is 6.61. The Labute approximate surface area is 108 Å². The minimum absolute atomic E-state index is 0.0590. The molecule has 1 aliphatic carbocycles. The van der Waals surface area contributed by atoms with Gasteiger partial charge in [0, 0.05) is 12.8 Å². The van der Waals surface area contributed by atoms with Gasteiger partial charge in [0.25, 0.3) is 0 Å². The molecule has 1 fully saturated rings. The van der Waals surface area contributed by atoms with Crippen molar-refractivity contribution in [1.82, 2.24) is 0 Å². The van der Waals surface area contributed by atoms with Gasteiger partial charge in [0.1, 0.15) is 6.04 Å². The standard InChI is InChI=1S/C8H17NO3S.H2O4S/c1-9(2,13(10,11)12)8-6-4-3-5-7-8;1-5(2,3)4/h8H,3-7H2,1-2H3;(H2,1,2,3,4). The van der Waals surface area contributed by atoms with Crippen LogP contribution in [-0.4, -0.2) is 54.5 Å². The predicted octanol–water partition coefficient (Wildman–Crippen LogP) is 0.203. The highest BCUT2D eigenvalue weighted by Gasteiger charge is 2.39. The summed E-state index contributed by atoms with van der Waals surface area (Å²) in [4.78, 5) is 0. The lowest BCUT2D eigenvalue weighted by molar-refractivity contribution is -0.798. The van der Waals surface area contributed by atoms with E-state index in [0.29, 0.717) is 0 Å². The summed E-state index contributed by atoms with van der Waals surface area (Å²) in [5, 5.41) is 0. The van der Waals surface area contributed by atoms with Crippen LogP contribution in [0.2, 0.25) is 0 Å². The zero-order chi connectivity index (χ0) is 14.6. The Bertz CT molecular complexity index is 440. The molecule has 0 saturated heterocycles. The van der Waals surface area contributed by atoms with E-state index in [1.54, 1.807) is 14.1 Å². The van der Waals surface area contributed by atoms with Gasteiger partial charge in [-0.3, -0.25) is 4.55 Å². The molecule has 0 radical (unpaired) electrons. The van der Waals surface area contributed by atoms with Gasteiger partial charge < -0.3 is 4.55 Å². The molecule has 1 aliphatic rings. The molecule has 0 aromatic heterocycles. The second kappa shape index (κ2) is 6.26. The fraction of sp³-hybridized carbons (Fsp3) is 1.00. The zero-order valence-corrected chi connectivity index (χ0v) is 11.9. The van der Waals surface area contributed by atoms with Crippen LogP contribution in [0.4, 0.5) is 0 Å². The molecule has 110 valence electrons. The first-order valence-corrected chi connectivity index (χ1v) is 8.11. The minimum atomic E-state index is -4.92. The van der Waals surface area contributed by atoms with Crippen molar-refractivity contribution >= 4 is 20.7 Å².